The summed E-state index contributed by atoms with van der Waals surface area (Å²) in [7, 11) is 0. The van der Waals surface area contributed by atoms with E-state index in [1.54, 1.807) is 6.07 Å². The van der Waals surface area contributed by atoms with Crippen molar-refractivity contribution < 1.29 is 4.74 Å². The molecule has 3 rings (SSSR count). The molecule has 0 saturated carbocycles. The summed E-state index contributed by atoms with van der Waals surface area (Å²) in [6.45, 7) is 6.22. The first kappa shape index (κ1) is 18.2. The maximum atomic E-state index is 9.21. The molecule has 2 heterocycles. The number of benzene rings is 1. The Morgan fingerprint density at radius 1 is 1.04 bits per heavy atom. The molecule has 136 valence electrons. The first-order valence-corrected chi connectivity index (χ1v) is 8.66. The summed E-state index contributed by atoms with van der Waals surface area (Å²) in [5.41, 5.74) is 11.6. The summed E-state index contributed by atoms with van der Waals surface area (Å²) < 4.78 is 5.43. The van der Waals surface area contributed by atoms with Gasteiger partial charge in [0.2, 0.25) is 5.88 Å². The van der Waals surface area contributed by atoms with Crippen LogP contribution < -0.4 is 15.8 Å². The van der Waals surface area contributed by atoms with E-state index in [4.69, 9.17) is 10.5 Å². The lowest BCUT2D eigenvalue weighted by Crippen LogP contribution is -2.04. The van der Waals surface area contributed by atoms with Crippen LogP contribution in [0.1, 0.15) is 23.9 Å². The number of hydrogen-bond acceptors (Lipinski definition) is 6. The van der Waals surface area contributed by atoms with Gasteiger partial charge in [-0.1, -0.05) is 12.1 Å². The van der Waals surface area contributed by atoms with Crippen molar-refractivity contribution in [1.82, 2.24) is 9.97 Å². The number of nitrogen functional groups attached to an aromatic ring is 1. The molecule has 2 aromatic heterocycles. The Labute approximate surface area is 158 Å². The number of nitrogens with zero attached hydrogens (tertiary/aromatic N) is 3. The summed E-state index contributed by atoms with van der Waals surface area (Å²) in [4.78, 5) is 8.76. The minimum atomic E-state index is 0.238. The molecule has 0 radical (unpaired) electrons. The summed E-state index contributed by atoms with van der Waals surface area (Å²) in [5, 5.41) is 12.4. The van der Waals surface area contributed by atoms with Gasteiger partial charge >= 0.3 is 0 Å². The van der Waals surface area contributed by atoms with E-state index in [1.165, 1.54) is 0 Å². The first-order valence-electron chi connectivity index (χ1n) is 8.66. The van der Waals surface area contributed by atoms with Crippen molar-refractivity contribution in [2.24, 2.45) is 0 Å². The normalized spacial score (nSPS) is 10.3. The van der Waals surface area contributed by atoms with Gasteiger partial charge in [-0.05, 0) is 56.2 Å². The van der Waals surface area contributed by atoms with Crippen LogP contribution in [0.5, 0.6) is 5.88 Å². The fourth-order valence-corrected chi connectivity index (χ4v) is 2.85. The van der Waals surface area contributed by atoms with Crippen molar-refractivity contribution in [1.29, 1.82) is 5.26 Å². The van der Waals surface area contributed by atoms with E-state index >= 15 is 0 Å². The fourth-order valence-electron chi connectivity index (χ4n) is 2.85. The summed E-state index contributed by atoms with van der Waals surface area (Å²) in [6.07, 6.45) is 0. The number of aromatic nitrogens is 2. The van der Waals surface area contributed by atoms with Crippen molar-refractivity contribution in [2.45, 2.75) is 20.8 Å². The number of nitriles is 1. The average molecular weight is 359 g/mol. The maximum Gasteiger partial charge on any atom is 0.235 e. The molecule has 6 nitrogen and oxygen atoms in total. The van der Waals surface area contributed by atoms with Gasteiger partial charge in [0.15, 0.2) is 0 Å². The number of rotatable bonds is 5. The van der Waals surface area contributed by atoms with E-state index in [2.05, 4.69) is 27.4 Å². The largest absolute Gasteiger partial charge is 0.477 e. The van der Waals surface area contributed by atoms with Crippen molar-refractivity contribution >= 4 is 17.2 Å². The van der Waals surface area contributed by atoms with Gasteiger partial charge in [-0.15, -0.1) is 0 Å². The Morgan fingerprint density at radius 2 is 1.70 bits per heavy atom. The molecule has 0 atom stereocenters. The van der Waals surface area contributed by atoms with Gasteiger partial charge in [-0.3, -0.25) is 4.98 Å². The summed E-state index contributed by atoms with van der Waals surface area (Å²) in [6, 6.07) is 15.8. The summed E-state index contributed by atoms with van der Waals surface area (Å²) >= 11 is 0. The number of hydrogen-bond donors (Lipinski definition) is 2. The third-order valence-corrected chi connectivity index (χ3v) is 3.98. The molecule has 0 unspecified atom stereocenters. The van der Waals surface area contributed by atoms with Crippen molar-refractivity contribution in [3.63, 3.8) is 0 Å². The minimum Gasteiger partial charge on any atom is -0.477 e. The molecule has 0 amide bonds. The van der Waals surface area contributed by atoms with Gasteiger partial charge in [-0.25, -0.2) is 0 Å². The van der Waals surface area contributed by atoms with Crippen molar-refractivity contribution in [3.05, 3.63) is 59.4 Å². The van der Waals surface area contributed by atoms with E-state index in [0.29, 0.717) is 18.1 Å². The second-order valence-electron chi connectivity index (χ2n) is 6.16. The Morgan fingerprint density at radius 3 is 2.30 bits per heavy atom. The highest BCUT2D eigenvalue weighted by Gasteiger charge is 2.12. The highest BCUT2D eigenvalue weighted by molar-refractivity contribution is 5.70. The zero-order valence-electron chi connectivity index (χ0n) is 15.6. The lowest BCUT2D eigenvalue weighted by atomic mass is 10.0. The quantitative estimate of drug-likeness (QED) is 0.703. The fraction of sp³-hybridized carbons (Fsp3) is 0.190. The molecule has 0 aliphatic rings. The van der Waals surface area contributed by atoms with Crippen LogP contribution in [-0.2, 0) is 0 Å². The molecule has 0 aliphatic heterocycles. The van der Waals surface area contributed by atoms with Gasteiger partial charge in [0.1, 0.15) is 17.5 Å². The lowest BCUT2D eigenvalue weighted by Gasteiger charge is -2.12. The Bertz CT molecular complexity index is 986. The molecule has 3 aromatic rings. The highest BCUT2D eigenvalue weighted by atomic mass is 16.5. The number of anilines is 3. The molecule has 0 fully saturated rings. The number of ether oxygens (including phenoxy) is 1. The number of nitrogens with two attached hydrogens (primary N) is 1. The smallest absolute Gasteiger partial charge is 0.235 e. The lowest BCUT2D eigenvalue weighted by molar-refractivity contribution is 0.326. The molecule has 0 saturated heterocycles. The van der Waals surface area contributed by atoms with Crippen LogP contribution in [0.3, 0.4) is 0 Å². The minimum absolute atomic E-state index is 0.238. The summed E-state index contributed by atoms with van der Waals surface area (Å²) in [5.74, 6) is 0.764. The Kier molecular flexibility index (Phi) is 5.23. The van der Waals surface area contributed by atoms with Gasteiger partial charge < -0.3 is 15.8 Å². The number of aryl methyl sites for hydroxylation is 2. The van der Waals surface area contributed by atoms with Crippen LogP contribution in [0, 0.1) is 25.2 Å². The molecule has 3 N–H and O–H groups in total. The average Bonchev–Trinajstić information content (AvgIpc) is 2.62. The predicted molar refractivity (Wildman–Crippen MR) is 107 cm³/mol. The van der Waals surface area contributed by atoms with Crippen LogP contribution in [0.15, 0.2) is 42.5 Å². The van der Waals surface area contributed by atoms with E-state index in [9.17, 15) is 5.26 Å². The molecule has 0 bridgehead atoms. The zero-order chi connectivity index (χ0) is 19.4. The van der Waals surface area contributed by atoms with Gasteiger partial charge in [0.25, 0.3) is 0 Å². The SMILES string of the molecule is CCOc1nc(Nc2ccc(-c3cc(C)nc(C)c3)cc2)cc(N)c1C#N. The number of nitrogens with one attached hydrogen (secondary N) is 1. The molecular formula is C21H21N5O. The van der Waals surface area contributed by atoms with Crippen molar-refractivity contribution in [2.75, 3.05) is 17.7 Å². The maximum absolute atomic E-state index is 9.21. The van der Waals surface area contributed by atoms with Gasteiger partial charge in [0.05, 0.1) is 12.3 Å². The zero-order valence-corrected chi connectivity index (χ0v) is 15.6. The van der Waals surface area contributed by atoms with E-state index in [-0.39, 0.29) is 11.4 Å². The topological polar surface area (TPSA) is 96.8 Å². The Hall–Kier alpha value is -3.59. The van der Waals surface area contributed by atoms with Crippen LogP contribution in [0.4, 0.5) is 17.2 Å². The van der Waals surface area contributed by atoms with E-state index in [1.807, 2.05) is 51.1 Å². The van der Waals surface area contributed by atoms with Crippen molar-refractivity contribution in [3.8, 4) is 23.1 Å². The Balaban J connectivity index is 1.86. The van der Waals surface area contributed by atoms with Crippen LogP contribution in [-0.4, -0.2) is 16.6 Å². The first-order chi connectivity index (χ1) is 13.0. The standard InChI is InChI=1S/C21H21N5O/c1-4-27-21-18(12-22)19(23)11-20(26-21)25-17-7-5-15(6-8-17)16-9-13(2)24-14(3)10-16/h5-11H,4H2,1-3H3,(H3,23,25,26). The van der Waals surface area contributed by atoms with Gasteiger partial charge in [0, 0.05) is 23.1 Å². The van der Waals surface area contributed by atoms with Crippen LogP contribution >= 0.6 is 0 Å². The molecular weight excluding hydrogens is 338 g/mol. The molecule has 0 spiro atoms. The number of pyridine rings is 2. The van der Waals surface area contributed by atoms with E-state index in [0.717, 1.165) is 28.2 Å². The monoisotopic (exact) mass is 359 g/mol. The third kappa shape index (κ3) is 4.15. The van der Waals surface area contributed by atoms with Gasteiger partial charge in [-0.2, -0.15) is 10.2 Å². The molecule has 0 aliphatic carbocycles. The third-order valence-electron chi connectivity index (χ3n) is 3.98. The second kappa shape index (κ2) is 7.75. The van der Waals surface area contributed by atoms with Crippen LogP contribution in [0.2, 0.25) is 0 Å². The second-order valence-corrected chi connectivity index (χ2v) is 6.16. The highest BCUT2D eigenvalue weighted by Crippen LogP contribution is 2.28. The van der Waals surface area contributed by atoms with Crippen LogP contribution in [0.25, 0.3) is 11.1 Å². The molecule has 27 heavy (non-hydrogen) atoms. The predicted octanol–water partition coefficient (Wildman–Crippen LogP) is 4.36. The van der Waals surface area contributed by atoms with E-state index < -0.39 is 0 Å². The molecule has 6 heteroatoms. The molecule has 1 aromatic carbocycles.